The van der Waals surface area contributed by atoms with Crippen LogP contribution in [0.1, 0.15) is 202 Å². The predicted octanol–water partition coefficient (Wildman–Crippen LogP) is 10.1. The maximum absolute atomic E-state index is 13.3. The van der Waals surface area contributed by atoms with Crippen LogP contribution in [-0.4, -0.2) is 86.5 Å². The number of rotatable bonds is 20. The van der Waals surface area contributed by atoms with Crippen molar-refractivity contribution in [2.24, 2.45) is 92.7 Å². The van der Waals surface area contributed by atoms with E-state index in [0.717, 1.165) is 51.4 Å². The molecular formula is C57H94N2O12S2. The molecule has 8 fully saturated rings. The van der Waals surface area contributed by atoms with Crippen LogP contribution < -0.4 is 10.6 Å². The Morgan fingerprint density at radius 2 is 0.877 bits per heavy atom. The van der Waals surface area contributed by atoms with Gasteiger partial charge in [0.15, 0.2) is 0 Å². The quantitative estimate of drug-likeness (QED) is 0.0661. The molecule has 8 aliphatic carbocycles. The molecule has 8 aliphatic rings. The van der Waals surface area contributed by atoms with Crippen molar-refractivity contribution < 1.29 is 54.6 Å². The van der Waals surface area contributed by atoms with E-state index < -0.39 is 31.7 Å². The molecule has 4 unspecified atom stereocenters. The summed E-state index contributed by atoms with van der Waals surface area (Å²) in [5, 5.41) is 5.30. The molecule has 16 heteroatoms. The molecule has 0 aliphatic heterocycles. The smallest absolute Gasteiger partial charge is 0.306 e. The van der Waals surface area contributed by atoms with Gasteiger partial charge in [0.05, 0.1) is 11.5 Å². The van der Waals surface area contributed by atoms with Crippen molar-refractivity contribution in [3.8, 4) is 0 Å². The number of esters is 2. The maximum atomic E-state index is 13.3. The Labute approximate surface area is 438 Å². The standard InChI is InChI=1S/C57H94N2O12S2/c1-36(10-20-50(60)58-30-32-72(64,65)66)44-16-18-46-42-14-12-38-34-40(22-26-54(38,3)48(42)24-28-56(44,46)5)70-52(62)8-7-9-53(63)71-41-23-27-55(4)39(35-41)13-15-43-47-19-17-45(57(47,6)29-25-49(43)55)37(2)11-21-51(61)59-31-33-73(67,68)69/h36-49H,7-35H2,1-6H3,(H,58,60)(H,59,61)(H,64,65,66)(H,67,68,69)/t36-,37-,38?,39?,40+,41+,42?,43?,44-,45-,46-,47-,48-,49-,54+,55+,56-,57-/m1/s1. The fraction of sp³-hybridized carbons (Fsp3) is 0.930. The lowest BCUT2D eigenvalue weighted by Crippen LogP contribution is -2.54. The molecule has 8 rings (SSSR count). The van der Waals surface area contributed by atoms with Crippen LogP contribution in [0.4, 0.5) is 0 Å². The molecular weight excluding hydrogens is 969 g/mol. The normalized spacial score (nSPS) is 40.8. The van der Waals surface area contributed by atoms with Crippen LogP contribution >= 0.6 is 0 Å². The van der Waals surface area contributed by atoms with Crippen molar-refractivity contribution in [1.29, 1.82) is 0 Å². The second kappa shape index (κ2) is 22.6. The van der Waals surface area contributed by atoms with E-state index in [0.29, 0.717) is 90.3 Å². The SMILES string of the molecule is C[C@H](CCC(=O)NCCS(=O)(=O)O)[C@H]1CC[C@@H]2C3CCC4C[C@@H](OC(=O)CCCC(=O)O[C@H]5CC[C@@]6(C)C(CCC7[C@H]8CC[C@H]([C@H](C)CCC(=O)NCCS(=O)(=O)O)[C@@]8(C)CC[C@H]76)C5)CC[C@]4(C)[C@@H]3CC[C@@]21C. The summed E-state index contributed by atoms with van der Waals surface area (Å²) in [4.78, 5) is 51.5. The average Bonchev–Trinajstić information content (AvgIpc) is 3.86. The van der Waals surface area contributed by atoms with Crippen LogP contribution in [0.25, 0.3) is 0 Å². The van der Waals surface area contributed by atoms with Gasteiger partial charge < -0.3 is 20.1 Å². The third-order valence-electron chi connectivity index (χ3n) is 23.1. The minimum atomic E-state index is -4.10. The molecule has 0 aromatic rings. The van der Waals surface area contributed by atoms with E-state index in [9.17, 15) is 36.0 Å². The van der Waals surface area contributed by atoms with Crippen LogP contribution in [0, 0.1) is 92.7 Å². The molecule has 0 aromatic carbocycles. The zero-order valence-electron chi connectivity index (χ0n) is 45.4. The third kappa shape index (κ3) is 12.5. The fourth-order valence-corrected chi connectivity index (χ4v) is 20.1. The van der Waals surface area contributed by atoms with Crippen LogP contribution in [0.2, 0.25) is 0 Å². The highest BCUT2D eigenvalue weighted by atomic mass is 32.2. The number of carbonyl (C=O) groups excluding carboxylic acids is 4. The van der Waals surface area contributed by atoms with Gasteiger partial charge in [0.2, 0.25) is 11.8 Å². The van der Waals surface area contributed by atoms with E-state index in [4.69, 9.17) is 18.6 Å². The van der Waals surface area contributed by atoms with Crippen molar-refractivity contribution in [3.63, 3.8) is 0 Å². The van der Waals surface area contributed by atoms with E-state index >= 15 is 0 Å². The van der Waals surface area contributed by atoms with Gasteiger partial charge in [-0.3, -0.25) is 28.3 Å². The molecule has 18 atom stereocenters. The van der Waals surface area contributed by atoms with Crippen molar-refractivity contribution in [3.05, 3.63) is 0 Å². The first kappa shape index (κ1) is 56.9. The highest BCUT2D eigenvalue weighted by molar-refractivity contribution is 7.86. The Balaban J connectivity index is 0.728. The zero-order valence-corrected chi connectivity index (χ0v) is 47.0. The van der Waals surface area contributed by atoms with Crippen LogP contribution in [-0.2, 0) is 48.9 Å². The molecule has 73 heavy (non-hydrogen) atoms. The van der Waals surface area contributed by atoms with Gasteiger partial charge in [-0.05, 0) is 228 Å². The summed E-state index contributed by atoms with van der Waals surface area (Å²) in [6.45, 7) is 14.6. The van der Waals surface area contributed by atoms with E-state index in [2.05, 4.69) is 52.2 Å². The molecule has 4 N–H and O–H groups in total. The Hall–Kier alpha value is -2.30. The lowest BCUT2D eigenvalue weighted by Gasteiger charge is -2.61. The molecule has 0 heterocycles. The molecule has 2 amide bonds. The Kier molecular flexibility index (Phi) is 17.6. The summed E-state index contributed by atoms with van der Waals surface area (Å²) in [6, 6.07) is 0. The fourth-order valence-electron chi connectivity index (χ4n) is 19.4. The van der Waals surface area contributed by atoms with Gasteiger partial charge in [0, 0.05) is 38.8 Å². The summed E-state index contributed by atoms with van der Waals surface area (Å²) in [7, 11) is -8.20. The number of hydrogen-bond acceptors (Lipinski definition) is 10. The maximum Gasteiger partial charge on any atom is 0.306 e. The van der Waals surface area contributed by atoms with E-state index in [1.165, 1.54) is 77.0 Å². The number of hydrogen-bond donors (Lipinski definition) is 4. The molecule has 0 bridgehead atoms. The van der Waals surface area contributed by atoms with Gasteiger partial charge in [0.25, 0.3) is 20.2 Å². The summed E-state index contributed by atoms with van der Waals surface area (Å²) in [5.74, 6) is 5.53. The lowest BCUT2D eigenvalue weighted by atomic mass is 9.44. The van der Waals surface area contributed by atoms with E-state index in [-0.39, 0.29) is 83.6 Å². The molecule has 416 valence electrons. The van der Waals surface area contributed by atoms with Gasteiger partial charge in [-0.15, -0.1) is 0 Å². The summed E-state index contributed by atoms with van der Waals surface area (Å²) in [6.07, 6.45) is 23.5. The second-order valence-electron chi connectivity index (χ2n) is 26.7. The van der Waals surface area contributed by atoms with Crippen LogP contribution in [0.15, 0.2) is 0 Å². The second-order valence-corrected chi connectivity index (χ2v) is 29.8. The van der Waals surface area contributed by atoms with Gasteiger partial charge in [-0.1, -0.05) is 41.5 Å². The Bertz CT molecular complexity index is 2070. The Morgan fingerprint density at radius 1 is 0.507 bits per heavy atom. The minimum absolute atomic E-state index is 0.0609. The Morgan fingerprint density at radius 3 is 1.26 bits per heavy atom. The molecule has 0 radical (unpaired) electrons. The number of carbonyl (C=O) groups is 4. The first-order chi connectivity index (χ1) is 34.3. The largest absolute Gasteiger partial charge is 0.462 e. The molecule has 8 saturated carbocycles. The van der Waals surface area contributed by atoms with Crippen molar-refractivity contribution in [1.82, 2.24) is 10.6 Å². The summed E-state index contributed by atoms with van der Waals surface area (Å²) >= 11 is 0. The summed E-state index contributed by atoms with van der Waals surface area (Å²) in [5.41, 5.74) is 1.02. The zero-order chi connectivity index (χ0) is 52.7. The van der Waals surface area contributed by atoms with Gasteiger partial charge >= 0.3 is 11.9 Å². The first-order valence-electron chi connectivity index (χ1n) is 29.2. The topological polar surface area (TPSA) is 220 Å². The minimum Gasteiger partial charge on any atom is -0.462 e. The van der Waals surface area contributed by atoms with E-state index in [1.54, 1.807) is 0 Å². The number of nitrogens with one attached hydrogen (secondary N) is 2. The summed E-state index contributed by atoms with van der Waals surface area (Å²) < 4.78 is 74.5. The highest BCUT2D eigenvalue weighted by Gasteiger charge is 2.62. The highest BCUT2D eigenvalue weighted by Crippen LogP contribution is 2.70. The van der Waals surface area contributed by atoms with Gasteiger partial charge in [-0.2, -0.15) is 16.8 Å². The molecule has 0 spiro atoms. The number of amides is 2. The number of fused-ring (bicyclic) bond motifs is 10. The van der Waals surface area contributed by atoms with Gasteiger partial charge in [-0.25, -0.2) is 0 Å². The van der Waals surface area contributed by atoms with Crippen molar-refractivity contribution >= 4 is 44.0 Å². The molecule has 0 aromatic heterocycles. The lowest BCUT2D eigenvalue weighted by molar-refractivity contribution is -0.164. The first-order valence-corrected chi connectivity index (χ1v) is 32.4. The van der Waals surface area contributed by atoms with Gasteiger partial charge in [0.1, 0.15) is 12.2 Å². The number of ether oxygens (including phenoxy) is 2. The van der Waals surface area contributed by atoms with Crippen LogP contribution in [0.5, 0.6) is 0 Å². The van der Waals surface area contributed by atoms with E-state index in [1.807, 2.05) is 0 Å². The van der Waals surface area contributed by atoms with Crippen molar-refractivity contribution in [2.45, 2.75) is 214 Å². The van der Waals surface area contributed by atoms with Crippen molar-refractivity contribution in [2.75, 3.05) is 24.6 Å². The molecule has 14 nitrogen and oxygen atoms in total. The monoisotopic (exact) mass is 1060 g/mol. The third-order valence-corrected chi connectivity index (χ3v) is 24.6. The predicted molar refractivity (Wildman–Crippen MR) is 280 cm³/mol. The van der Waals surface area contributed by atoms with Crippen LogP contribution in [0.3, 0.4) is 0 Å². The molecule has 0 saturated heterocycles. The average molecular weight is 1060 g/mol.